The number of benzene rings is 1. The van der Waals surface area contributed by atoms with Gasteiger partial charge in [-0.15, -0.1) is 0 Å². The molecule has 2 unspecified atom stereocenters. The van der Waals surface area contributed by atoms with Crippen LogP contribution in [0, 0.1) is 0 Å². The van der Waals surface area contributed by atoms with Gasteiger partial charge >= 0.3 is 0 Å². The molecule has 19 heavy (non-hydrogen) atoms. The summed E-state index contributed by atoms with van der Waals surface area (Å²) in [6.45, 7) is 1.96. The largest absolute Gasteiger partial charge is 0.398 e. The summed E-state index contributed by atoms with van der Waals surface area (Å²) in [4.78, 5) is 2.45. The van der Waals surface area contributed by atoms with Gasteiger partial charge in [-0.2, -0.15) is 0 Å². The number of nitrogen functional groups attached to an aromatic ring is 1. The maximum atomic E-state index is 10.3. The number of aliphatic hydroxyl groups is 1. The minimum absolute atomic E-state index is 0.158. The van der Waals surface area contributed by atoms with Crippen molar-refractivity contribution in [2.75, 3.05) is 12.3 Å². The SMILES string of the molecule is Nc1cccc2c1CN(C1CCCCCC1O)CC2. The molecule has 0 saturated heterocycles. The third-order valence-electron chi connectivity index (χ3n) is 4.75. The van der Waals surface area contributed by atoms with Crippen molar-refractivity contribution >= 4 is 5.69 Å². The van der Waals surface area contributed by atoms with Crippen LogP contribution in [0.15, 0.2) is 18.2 Å². The summed E-state index contributed by atoms with van der Waals surface area (Å²) in [5, 5.41) is 10.3. The molecule has 3 N–H and O–H groups in total. The average molecular weight is 260 g/mol. The molecule has 1 aliphatic carbocycles. The number of hydrogen-bond donors (Lipinski definition) is 2. The molecule has 2 atom stereocenters. The summed E-state index contributed by atoms with van der Waals surface area (Å²) >= 11 is 0. The van der Waals surface area contributed by atoms with Crippen LogP contribution in [-0.2, 0) is 13.0 Å². The number of nitrogens with two attached hydrogens (primary N) is 1. The van der Waals surface area contributed by atoms with E-state index < -0.39 is 0 Å². The molecule has 1 heterocycles. The molecule has 0 amide bonds. The highest BCUT2D eigenvalue weighted by molar-refractivity contribution is 5.51. The number of fused-ring (bicyclic) bond motifs is 1. The Morgan fingerprint density at radius 2 is 2.00 bits per heavy atom. The van der Waals surface area contributed by atoms with Gasteiger partial charge in [0, 0.05) is 24.8 Å². The fourth-order valence-electron chi connectivity index (χ4n) is 3.61. The smallest absolute Gasteiger partial charge is 0.0695 e. The maximum Gasteiger partial charge on any atom is 0.0695 e. The van der Waals surface area contributed by atoms with E-state index in [2.05, 4.69) is 11.0 Å². The first-order valence-corrected chi connectivity index (χ1v) is 7.54. The van der Waals surface area contributed by atoms with E-state index in [-0.39, 0.29) is 6.10 Å². The molecule has 1 aromatic carbocycles. The van der Waals surface area contributed by atoms with Crippen molar-refractivity contribution in [3.8, 4) is 0 Å². The molecule has 3 rings (SSSR count). The van der Waals surface area contributed by atoms with Crippen LogP contribution in [0.2, 0.25) is 0 Å². The Balaban J connectivity index is 1.79. The molecule has 104 valence electrons. The molecule has 1 saturated carbocycles. The molecule has 1 fully saturated rings. The van der Waals surface area contributed by atoms with Gasteiger partial charge < -0.3 is 10.8 Å². The van der Waals surface area contributed by atoms with E-state index in [0.717, 1.165) is 38.0 Å². The number of hydrogen-bond acceptors (Lipinski definition) is 3. The maximum absolute atomic E-state index is 10.3. The number of nitrogens with zero attached hydrogens (tertiary/aromatic N) is 1. The predicted molar refractivity (Wildman–Crippen MR) is 77.8 cm³/mol. The molecule has 0 bridgehead atoms. The van der Waals surface area contributed by atoms with Gasteiger partial charge in [0.25, 0.3) is 0 Å². The molecule has 1 aliphatic heterocycles. The lowest BCUT2D eigenvalue weighted by Gasteiger charge is -2.37. The Bertz CT molecular complexity index is 446. The second-order valence-corrected chi connectivity index (χ2v) is 5.98. The standard InChI is InChI=1S/C16H24N2O/c17-14-6-4-5-12-9-10-18(11-13(12)14)15-7-2-1-3-8-16(15)19/h4-6,15-16,19H,1-3,7-11,17H2. The van der Waals surface area contributed by atoms with Crippen LogP contribution in [0.3, 0.4) is 0 Å². The first kappa shape index (κ1) is 12.9. The van der Waals surface area contributed by atoms with E-state index in [9.17, 15) is 5.11 Å². The monoisotopic (exact) mass is 260 g/mol. The third-order valence-corrected chi connectivity index (χ3v) is 4.75. The number of rotatable bonds is 1. The molecular formula is C16H24N2O. The van der Waals surface area contributed by atoms with Crippen molar-refractivity contribution in [3.05, 3.63) is 29.3 Å². The molecule has 3 heteroatoms. The van der Waals surface area contributed by atoms with Gasteiger partial charge in [0.15, 0.2) is 0 Å². The number of aliphatic hydroxyl groups excluding tert-OH is 1. The summed E-state index contributed by atoms with van der Waals surface area (Å²) in [6.07, 6.45) is 6.67. The lowest BCUT2D eigenvalue weighted by Crippen LogP contribution is -2.45. The van der Waals surface area contributed by atoms with Crippen LogP contribution >= 0.6 is 0 Å². The van der Waals surface area contributed by atoms with Crippen molar-refractivity contribution in [1.82, 2.24) is 4.90 Å². The topological polar surface area (TPSA) is 49.5 Å². The Morgan fingerprint density at radius 1 is 1.16 bits per heavy atom. The average Bonchev–Trinajstić information content (AvgIpc) is 2.64. The van der Waals surface area contributed by atoms with Crippen molar-refractivity contribution in [1.29, 1.82) is 0 Å². The van der Waals surface area contributed by atoms with Gasteiger partial charge in [-0.25, -0.2) is 0 Å². The zero-order chi connectivity index (χ0) is 13.2. The number of anilines is 1. The zero-order valence-electron chi connectivity index (χ0n) is 11.5. The first-order chi connectivity index (χ1) is 9.25. The van der Waals surface area contributed by atoms with Gasteiger partial charge in [-0.3, -0.25) is 4.90 Å². The lowest BCUT2D eigenvalue weighted by molar-refractivity contribution is 0.0368. The van der Waals surface area contributed by atoms with E-state index in [1.807, 2.05) is 12.1 Å². The molecule has 0 aromatic heterocycles. The highest BCUT2D eigenvalue weighted by atomic mass is 16.3. The van der Waals surface area contributed by atoms with Crippen molar-refractivity contribution < 1.29 is 5.11 Å². The Morgan fingerprint density at radius 3 is 2.89 bits per heavy atom. The molecule has 1 aromatic rings. The molecule has 0 spiro atoms. The van der Waals surface area contributed by atoms with Gasteiger partial charge in [0.1, 0.15) is 0 Å². The van der Waals surface area contributed by atoms with Crippen LogP contribution in [0.1, 0.15) is 43.2 Å². The summed E-state index contributed by atoms with van der Waals surface area (Å²) in [7, 11) is 0. The van der Waals surface area contributed by atoms with E-state index >= 15 is 0 Å². The van der Waals surface area contributed by atoms with Crippen LogP contribution in [0.4, 0.5) is 5.69 Å². The molecular weight excluding hydrogens is 236 g/mol. The molecule has 2 aliphatic rings. The van der Waals surface area contributed by atoms with Crippen LogP contribution in [0.25, 0.3) is 0 Å². The lowest BCUT2D eigenvalue weighted by atomic mass is 9.94. The Hall–Kier alpha value is -1.06. The minimum Gasteiger partial charge on any atom is -0.398 e. The summed E-state index contributed by atoms with van der Waals surface area (Å²) in [5.74, 6) is 0. The normalized spacial score (nSPS) is 28.7. The Labute approximate surface area is 115 Å². The molecule has 0 radical (unpaired) electrons. The van der Waals surface area contributed by atoms with Gasteiger partial charge in [0.05, 0.1) is 6.10 Å². The summed E-state index contributed by atoms with van der Waals surface area (Å²) < 4.78 is 0. The molecule has 3 nitrogen and oxygen atoms in total. The highest BCUT2D eigenvalue weighted by Crippen LogP contribution is 2.29. The van der Waals surface area contributed by atoms with E-state index in [0.29, 0.717) is 6.04 Å². The van der Waals surface area contributed by atoms with Gasteiger partial charge in [0.2, 0.25) is 0 Å². The quantitative estimate of drug-likeness (QED) is 0.602. The second-order valence-electron chi connectivity index (χ2n) is 5.98. The zero-order valence-corrected chi connectivity index (χ0v) is 11.5. The predicted octanol–water partition coefficient (Wildman–Crippen LogP) is 2.32. The van der Waals surface area contributed by atoms with Crippen LogP contribution in [0.5, 0.6) is 0 Å². The first-order valence-electron chi connectivity index (χ1n) is 7.54. The summed E-state index contributed by atoms with van der Waals surface area (Å²) in [6, 6.07) is 6.55. The third kappa shape index (κ3) is 2.63. The second kappa shape index (κ2) is 5.51. The van der Waals surface area contributed by atoms with Crippen molar-refractivity contribution in [2.24, 2.45) is 0 Å². The van der Waals surface area contributed by atoms with Gasteiger partial charge in [-0.05, 0) is 36.5 Å². The van der Waals surface area contributed by atoms with E-state index in [1.54, 1.807) is 0 Å². The van der Waals surface area contributed by atoms with Crippen molar-refractivity contribution in [3.63, 3.8) is 0 Å². The van der Waals surface area contributed by atoms with E-state index in [1.165, 1.54) is 30.4 Å². The highest BCUT2D eigenvalue weighted by Gasteiger charge is 2.30. The fourth-order valence-corrected chi connectivity index (χ4v) is 3.61. The van der Waals surface area contributed by atoms with E-state index in [4.69, 9.17) is 5.73 Å². The Kier molecular flexibility index (Phi) is 3.76. The summed E-state index contributed by atoms with van der Waals surface area (Å²) in [5.41, 5.74) is 9.69. The van der Waals surface area contributed by atoms with Crippen LogP contribution < -0.4 is 5.73 Å². The van der Waals surface area contributed by atoms with Crippen molar-refractivity contribution in [2.45, 2.75) is 57.2 Å². The van der Waals surface area contributed by atoms with Gasteiger partial charge in [-0.1, -0.05) is 31.4 Å². The van der Waals surface area contributed by atoms with Crippen LogP contribution in [-0.4, -0.2) is 28.7 Å². The fraction of sp³-hybridized carbons (Fsp3) is 0.625. The minimum atomic E-state index is -0.158.